The lowest BCUT2D eigenvalue weighted by atomic mass is 9.84. The summed E-state index contributed by atoms with van der Waals surface area (Å²) in [7, 11) is 0. The van der Waals surface area contributed by atoms with Gasteiger partial charge in [0.2, 0.25) is 11.8 Å². The van der Waals surface area contributed by atoms with Crippen LogP contribution in [0, 0.1) is 18.3 Å². The van der Waals surface area contributed by atoms with Crippen LogP contribution < -0.4 is 15.2 Å². The van der Waals surface area contributed by atoms with Crippen molar-refractivity contribution in [3.8, 4) is 17.7 Å². The molecule has 3 N–H and O–H groups in total. The lowest BCUT2D eigenvalue weighted by Crippen LogP contribution is -2.21. The first-order valence-corrected chi connectivity index (χ1v) is 8.56. The summed E-state index contributed by atoms with van der Waals surface area (Å²) >= 11 is 0. The largest absolute Gasteiger partial charge is 0.489 e. The van der Waals surface area contributed by atoms with Crippen LogP contribution in [0.15, 0.2) is 66.1 Å². The van der Waals surface area contributed by atoms with Crippen LogP contribution in [0.25, 0.3) is 0 Å². The van der Waals surface area contributed by atoms with Crippen LogP contribution in [0.4, 0.5) is 0 Å². The molecule has 0 fully saturated rings. The molecule has 0 saturated carbocycles. The lowest BCUT2D eigenvalue weighted by Gasteiger charge is -2.24. The third kappa shape index (κ3) is 3.11. The van der Waals surface area contributed by atoms with Crippen LogP contribution in [0.3, 0.4) is 0 Å². The average Bonchev–Trinajstić information content (AvgIpc) is 3.06. The number of hydrogen-bond acceptors (Lipinski definition) is 5. The molecule has 2 heterocycles. The number of fused-ring (bicyclic) bond motifs is 1. The standard InChI is InChI=1S/C21H18N4O2/c1-13-18-19(17(11-22)20(23)27-21(18)25-24-13)15-8-5-9-16(10-15)26-12-14-6-3-2-4-7-14/h2-10,19H,12,23H2,1H3,(H,24,25). The molecule has 3 aromatic rings. The van der Waals surface area contributed by atoms with E-state index in [1.807, 2.05) is 61.5 Å². The highest BCUT2D eigenvalue weighted by Crippen LogP contribution is 2.43. The molecule has 0 saturated heterocycles. The molecule has 0 bridgehead atoms. The van der Waals surface area contributed by atoms with E-state index in [4.69, 9.17) is 15.2 Å². The van der Waals surface area contributed by atoms with Crippen LogP contribution in [-0.4, -0.2) is 10.2 Å². The third-order valence-corrected chi connectivity index (χ3v) is 4.57. The van der Waals surface area contributed by atoms with E-state index in [-0.39, 0.29) is 11.8 Å². The molecule has 134 valence electrons. The first kappa shape index (κ1) is 16.7. The fourth-order valence-electron chi connectivity index (χ4n) is 3.26. The van der Waals surface area contributed by atoms with Crippen LogP contribution in [0.5, 0.6) is 11.6 Å². The van der Waals surface area contributed by atoms with E-state index in [0.29, 0.717) is 18.1 Å². The van der Waals surface area contributed by atoms with Crippen LogP contribution in [0.2, 0.25) is 0 Å². The van der Waals surface area contributed by atoms with E-state index in [0.717, 1.165) is 28.1 Å². The molecule has 1 unspecified atom stereocenters. The molecule has 0 amide bonds. The Bertz CT molecular complexity index is 1050. The molecule has 2 aromatic carbocycles. The molecule has 27 heavy (non-hydrogen) atoms. The van der Waals surface area contributed by atoms with E-state index in [9.17, 15) is 5.26 Å². The summed E-state index contributed by atoms with van der Waals surface area (Å²) in [6.07, 6.45) is 0. The maximum atomic E-state index is 9.64. The molecule has 1 aliphatic heterocycles. The van der Waals surface area contributed by atoms with Crippen molar-refractivity contribution in [3.63, 3.8) is 0 Å². The van der Waals surface area contributed by atoms with Gasteiger partial charge < -0.3 is 15.2 Å². The molecular formula is C21H18N4O2. The first-order valence-electron chi connectivity index (χ1n) is 8.56. The predicted molar refractivity (Wildman–Crippen MR) is 99.8 cm³/mol. The summed E-state index contributed by atoms with van der Waals surface area (Å²) in [5.74, 6) is 0.862. The minimum Gasteiger partial charge on any atom is -0.489 e. The average molecular weight is 358 g/mol. The summed E-state index contributed by atoms with van der Waals surface area (Å²) in [6, 6.07) is 19.8. The Morgan fingerprint density at radius 2 is 2.04 bits per heavy atom. The zero-order valence-electron chi connectivity index (χ0n) is 14.8. The number of H-pyrrole nitrogens is 1. The molecule has 4 rings (SSSR count). The van der Waals surface area contributed by atoms with Gasteiger partial charge >= 0.3 is 0 Å². The van der Waals surface area contributed by atoms with Gasteiger partial charge in [0.25, 0.3) is 0 Å². The van der Waals surface area contributed by atoms with Crippen molar-refractivity contribution < 1.29 is 9.47 Å². The van der Waals surface area contributed by atoms with Crippen LogP contribution >= 0.6 is 0 Å². The summed E-state index contributed by atoms with van der Waals surface area (Å²) in [4.78, 5) is 0. The van der Waals surface area contributed by atoms with E-state index in [2.05, 4.69) is 16.3 Å². The highest BCUT2D eigenvalue weighted by atomic mass is 16.5. The predicted octanol–water partition coefficient (Wildman–Crippen LogP) is 3.52. The fourth-order valence-corrected chi connectivity index (χ4v) is 3.26. The first-order chi connectivity index (χ1) is 13.2. The molecule has 1 aliphatic rings. The maximum absolute atomic E-state index is 9.64. The highest BCUT2D eigenvalue weighted by molar-refractivity contribution is 5.55. The highest BCUT2D eigenvalue weighted by Gasteiger charge is 2.34. The molecule has 0 spiro atoms. The number of benzene rings is 2. The molecule has 0 aliphatic carbocycles. The minimum atomic E-state index is -0.349. The zero-order chi connectivity index (χ0) is 18.8. The van der Waals surface area contributed by atoms with Crippen molar-refractivity contribution in [2.75, 3.05) is 0 Å². The number of ether oxygens (including phenoxy) is 2. The fraction of sp³-hybridized carbons (Fsp3) is 0.143. The molecule has 6 nitrogen and oxygen atoms in total. The van der Waals surface area contributed by atoms with Gasteiger partial charge in [0.05, 0.1) is 5.92 Å². The Kier molecular flexibility index (Phi) is 4.27. The summed E-state index contributed by atoms with van der Waals surface area (Å²) in [6.45, 7) is 2.37. The molecule has 6 heteroatoms. The Hall–Kier alpha value is -3.72. The Morgan fingerprint density at radius 1 is 1.22 bits per heavy atom. The lowest BCUT2D eigenvalue weighted by molar-refractivity contribution is 0.306. The number of nitrogens with two attached hydrogens (primary N) is 1. The number of nitrogens with zero attached hydrogens (tertiary/aromatic N) is 2. The van der Waals surface area contributed by atoms with Gasteiger partial charge in [-0.2, -0.15) is 5.26 Å². The van der Waals surface area contributed by atoms with Gasteiger partial charge in [-0.15, -0.1) is 5.10 Å². The molecule has 1 aromatic heterocycles. The topological polar surface area (TPSA) is 97.0 Å². The van der Waals surface area contributed by atoms with E-state index >= 15 is 0 Å². The van der Waals surface area contributed by atoms with Gasteiger partial charge in [-0.1, -0.05) is 42.5 Å². The number of hydrogen-bond donors (Lipinski definition) is 2. The van der Waals surface area contributed by atoms with E-state index in [1.165, 1.54) is 0 Å². The molecular weight excluding hydrogens is 340 g/mol. The maximum Gasteiger partial charge on any atom is 0.244 e. The Morgan fingerprint density at radius 3 is 2.81 bits per heavy atom. The van der Waals surface area contributed by atoms with Crippen molar-refractivity contribution in [3.05, 3.63) is 88.4 Å². The number of nitrogens with one attached hydrogen (secondary N) is 1. The second-order valence-electron chi connectivity index (χ2n) is 6.34. The van der Waals surface area contributed by atoms with Gasteiger partial charge in [-0.05, 0) is 30.2 Å². The van der Waals surface area contributed by atoms with Gasteiger partial charge in [0, 0.05) is 11.3 Å². The number of allylic oxidation sites excluding steroid dienone is 1. The quantitative estimate of drug-likeness (QED) is 0.744. The normalized spacial score (nSPS) is 15.6. The number of aryl methyl sites for hydroxylation is 1. The number of aromatic amines is 1. The van der Waals surface area contributed by atoms with Gasteiger partial charge in [-0.25, -0.2) is 0 Å². The number of aromatic nitrogens is 2. The second kappa shape index (κ2) is 6.89. The van der Waals surface area contributed by atoms with Crippen LogP contribution in [-0.2, 0) is 6.61 Å². The van der Waals surface area contributed by atoms with Crippen molar-refractivity contribution in [1.29, 1.82) is 5.26 Å². The zero-order valence-corrected chi connectivity index (χ0v) is 14.8. The van der Waals surface area contributed by atoms with Crippen molar-refractivity contribution in [2.45, 2.75) is 19.4 Å². The third-order valence-electron chi connectivity index (χ3n) is 4.57. The smallest absolute Gasteiger partial charge is 0.244 e. The summed E-state index contributed by atoms with van der Waals surface area (Å²) in [5.41, 5.74) is 9.97. The molecule has 0 radical (unpaired) electrons. The van der Waals surface area contributed by atoms with E-state index < -0.39 is 0 Å². The van der Waals surface area contributed by atoms with Crippen molar-refractivity contribution in [1.82, 2.24) is 10.2 Å². The summed E-state index contributed by atoms with van der Waals surface area (Å²) < 4.78 is 11.4. The Labute approximate surface area is 156 Å². The van der Waals surface area contributed by atoms with Crippen molar-refractivity contribution in [2.24, 2.45) is 5.73 Å². The van der Waals surface area contributed by atoms with Gasteiger partial charge in [-0.3, -0.25) is 5.10 Å². The van der Waals surface area contributed by atoms with Gasteiger partial charge in [0.1, 0.15) is 24.0 Å². The Balaban J connectivity index is 1.68. The minimum absolute atomic E-state index is 0.0807. The van der Waals surface area contributed by atoms with Crippen LogP contribution in [0.1, 0.15) is 28.3 Å². The van der Waals surface area contributed by atoms with Crippen molar-refractivity contribution >= 4 is 0 Å². The second-order valence-corrected chi connectivity index (χ2v) is 6.34. The monoisotopic (exact) mass is 358 g/mol. The molecule has 1 atom stereocenters. The SMILES string of the molecule is Cc1[nH]nc2c1C(c1cccc(OCc3ccccc3)c1)C(C#N)=C(N)O2. The van der Waals surface area contributed by atoms with Gasteiger partial charge in [0.15, 0.2) is 0 Å². The summed E-state index contributed by atoms with van der Waals surface area (Å²) in [5, 5.41) is 16.7. The number of nitriles is 1. The number of rotatable bonds is 4. The van der Waals surface area contributed by atoms with E-state index in [1.54, 1.807) is 0 Å².